The molecule has 0 saturated heterocycles. The molecule has 1 heterocycles. The van der Waals surface area contributed by atoms with Crippen LogP contribution in [0.15, 0.2) is 35.3 Å². The lowest BCUT2D eigenvalue weighted by molar-refractivity contribution is -0.121. The summed E-state index contributed by atoms with van der Waals surface area (Å²) < 4.78 is 1.59. The van der Waals surface area contributed by atoms with Gasteiger partial charge < -0.3 is 20.1 Å². The first-order chi connectivity index (χ1) is 14.3. The molecule has 2 aromatic rings. The van der Waals surface area contributed by atoms with Crippen LogP contribution in [0.25, 0.3) is 10.8 Å². The summed E-state index contributed by atoms with van der Waals surface area (Å²) in [7, 11) is 0. The number of nitrogens with zero attached hydrogens (tertiary/aromatic N) is 1. The summed E-state index contributed by atoms with van der Waals surface area (Å²) in [5.74, 6) is 0.120. The zero-order valence-electron chi connectivity index (χ0n) is 18.1. The molecule has 0 radical (unpaired) electrons. The molecule has 1 aromatic carbocycles. The molecule has 164 valence electrons. The Hall–Kier alpha value is -2.18. The second kappa shape index (κ2) is 9.75. The van der Waals surface area contributed by atoms with E-state index in [9.17, 15) is 19.8 Å². The average Bonchev–Trinajstić information content (AvgIpc) is 2.91. The number of aliphatic hydroxyl groups is 2. The van der Waals surface area contributed by atoms with Gasteiger partial charge in [0.05, 0.1) is 24.7 Å². The van der Waals surface area contributed by atoms with Gasteiger partial charge in [-0.1, -0.05) is 45.6 Å². The van der Waals surface area contributed by atoms with Crippen molar-refractivity contribution in [2.24, 2.45) is 5.92 Å². The highest BCUT2D eigenvalue weighted by Crippen LogP contribution is 2.31. The lowest BCUT2D eigenvalue weighted by Crippen LogP contribution is -2.33. The van der Waals surface area contributed by atoms with Gasteiger partial charge in [0.25, 0.3) is 5.56 Å². The highest BCUT2D eigenvalue weighted by Gasteiger charge is 2.30. The number of fused-ring (bicyclic) bond motifs is 1. The van der Waals surface area contributed by atoms with Crippen molar-refractivity contribution in [3.8, 4) is 0 Å². The minimum Gasteiger partial charge on any atom is -0.394 e. The van der Waals surface area contributed by atoms with E-state index in [0.717, 1.165) is 25.7 Å². The number of hydrogen-bond donors (Lipinski definition) is 3. The van der Waals surface area contributed by atoms with E-state index in [1.54, 1.807) is 29.0 Å². The van der Waals surface area contributed by atoms with E-state index in [0.29, 0.717) is 41.6 Å². The summed E-state index contributed by atoms with van der Waals surface area (Å²) in [6.45, 7) is 4.02. The lowest BCUT2D eigenvalue weighted by Gasteiger charge is -2.26. The monoisotopic (exact) mass is 414 g/mol. The maximum atomic E-state index is 13.1. The number of pyridine rings is 1. The number of amides is 1. The fourth-order valence-corrected chi connectivity index (χ4v) is 4.57. The van der Waals surface area contributed by atoms with Gasteiger partial charge in [-0.15, -0.1) is 0 Å². The van der Waals surface area contributed by atoms with Crippen LogP contribution in [-0.4, -0.2) is 32.9 Å². The Balaban J connectivity index is 1.84. The van der Waals surface area contributed by atoms with Crippen molar-refractivity contribution >= 4 is 22.4 Å². The predicted molar refractivity (Wildman–Crippen MR) is 120 cm³/mol. The summed E-state index contributed by atoms with van der Waals surface area (Å²) >= 11 is 0. The normalized spacial score (nSPS) is 17.6. The quantitative estimate of drug-likeness (QED) is 0.597. The van der Waals surface area contributed by atoms with E-state index in [1.165, 1.54) is 0 Å². The third-order valence-corrected chi connectivity index (χ3v) is 6.12. The maximum Gasteiger partial charge on any atom is 0.258 e. The Morgan fingerprint density at radius 2 is 1.83 bits per heavy atom. The van der Waals surface area contributed by atoms with Crippen molar-refractivity contribution < 1.29 is 15.0 Å². The van der Waals surface area contributed by atoms with Crippen LogP contribution in [0.3, 0.4) is 0 Å². The van der Waals surface area contributed by atoms with Crippen molar-refractivity contribution in [1.29, 1.82) is 0 Å². The van der Waals surface area contributed by atoms with Gasteiger partial charge in [0, 0.05) is 22.7 Å². The van der Waals surface area contributed by atoms with E-state index in [-0.39, 0.29) is 30.5 Å². The van der Waals surface area contributed by atoms with Crippen LogP contribution in [0, 0.1) is 5.92 Å². The topological polar surface area (TPSA) is 91.6 Å². The Labute approximate surface area is 177 Å². The SMILES string of the molecule is CC(C)C[C@H](CO)n1ccc2c(NC(=O)CC3(O)CCCCCC3)cccc2c1=O. The smallest absolute Gasteiger partial charge is 0.258 e. The minimum absolute atomic E-state index is 0.0709. The molecule has 1 atom stereocenters. The summed E-state index contributed by atoms with van der Waals surface area (Å²) in [6.07, 6.45) is 7.87. The molecule has 0 spiro atoms. The molecule has 1 aliphatic rings. The number of nitrogens with one attached hydrogen (secondary N) is 1. The van der Waals surface area contributed by atoms with Gasteiger partial charge in [-0.2, -0.15) is 0 Å². The van der Waals surface area contributed by atoms with Crippen LogP contribution in [0.5, 0.6) is 0 Å². The third kappa shape index (κ3) is 5.29. The Bertz CT molecular complexity index is 926. The van der Waals surface area contributed by atoms with Gasteiger partial charge in [0.2, 0.25) is 5.91 Å². The molecule has 0 bridgehead atoms. The predicted octanol–water partition coefficient (Wildman–Crippen LogP) is 3.99. The molecule has 0 aliphatic heterocycles. The second-order valence-corrected chi connectivity index (χ2v) is 9.12. The molecule has 1 aliphatic carbocycles. The van der Waals surface area contributed by atoms with Crippen LogP contribution >= 0.6 is 0 Å². The molecule has 6 nitrogen and oxygen atoms in total. The maximum absolute atomic E-state index is 13.1. The Morgan fingerprint density at radius 1 is 1.13 bits per heavy atom. The molecule has 3 rings (SSSR count). The summed E-state index contributed by atoms with van der Waals surface area (Å²) in [5.41, 5.74) is -0.544. The first kappa shape index (κ1) is 22.5. The van der Waals surface area contributed by atoms with Gasteiger partial charge in [0.1, 0.15) is 0 Å². The average molecular weight is 415 g/mol. The molecule has 1 aromatic heterocycles. The molecule has 30 heavy (non-hydrogen) atoms. The molecule has 0 unspecified atom stereocenters. The summed E-state index contributed by atoms with van der Waals surface area (Å²) in [6, 6.07) is 6.81. The van der Waals surface area contributed by atoms with Crippen LogP contribution < -0.4 is 10.9 Å². The summed E-state index contributed by atoms with van der Waals surface area (Å²) in [5, 5.41) is 24.7. The fourth-order valence-electron chi connectivity index (χ4n) is 4.57. The number of aliphatic hydroxyl groups excluding tert-OH is 1. The zero-order chi connectivity index (χ0) is 21.7. The number of carbonyl (C=O) groups excluding carboxylic acids is 1. The van der Waals surface area contributed by atoms with Gasteiger partial charge >= 0.3 is 0 Å². The molecular formula is C24H34N2O4. The molecule has 1 fully saturated rings. The highest BCUT2D eigenvalue weighted by molar-refractivity contribution is 6.02. The third-order valence-electron chi connectivity index (χ3n) is 6.12. The van der Waals surface area contributed by atoms with E-state index < -0.39 is 5.60 Å². The first-order valence-electron chi connectivity index (χ1n) is 11.1. The largest absolute Gasteiger partial charge is 0.394 e. The van der Waals surface area contributed by atoms with Crippen LogP contribution in [-0.2, 0) is 4.79 Å². The lowest BCUT2D eigenvalue weighted by atomic mass is 9.90. The number of benzene rings is 1. The van der Waals surface area contributed by atoms with E-state index in [2.05, 4.69) is 19.2 Å². The van der Waals surface area contributed by atoms with Crippen molar-refractivity contribution in [1.82, 2.24) is 4.57 Å². The Morgan fingerprint density at radius 3 is 2.47 bits per heavy atom. The van der Waals surface area contributed by atoms with Crippen molar-refractivity contribution in [3.05, 3.63) is 40.8 Å². The molecular weight excluding hydrogens is 380 g/mol. The highest BCUT2D eigenvalue weighted by atomic mass is 16.3. The van der Waals surface area contributed by atoms with Crippen LogP contribution in [0.1, 0.15) is 71.3 Å². The number of aromatic nitrogens is 1. The molecule has 6 heteroatoms. The van der Waals surface area contributed by atoms with E-state index in [1.807, 2.05) is 6.07 Å². The number of rotatable bonds is 7. The second-order valence-electron chi connectivity index (χ2n) is 9.12. The van der Waals surface area contributed by atoms with E-state index in [4.69, 9.17) is 0 Å². The van der Waals surface area contributed by atoms with Crippen molar-refractivity contribution in [2.45, 2.75) is 76.9 Å². The number of carbonyl (C=O) groups is 1. The van der Waals surface area contributed by atoms with Gasteiger partial charge in [-0.25, -0.2) is 0 Å². The van der Waals surface area contributed by atoms with E-state index >= 15 is 0 Å². The molecule has 3 N–H and O–H groups in total. The van der Waals surface area contributed by atoms with Gasteiger partial charge in [0.15, 0.2) is 0 Å². The van der Waals surface area contributed by atoms with Gasteiger partial charge in [-0.05, 0) is 43.4 Å². The van der Waals surface area contributed by atoms with Gasteiger partial charge in [-0.3, -0.25) is 9.59 Å². The standard InChI is InChI=1S/C24H34N2O4/c1-17(2)14-18(16-27)26-13-10-19-20(23(26)29)8-7-9-21(19)25-22(28)15-24(30)11-5-3-4-6-12-24/h7-10,13,17-18,27,30H,3-6,11-12,14-16H2,1-2H3,(H,25,28)/t18-/m1/s1. The number of anilines is 1. The molecule has 1 saturated carbocycles. The first-order valence-corrected chi connectivity index (χ1v) is 11.1. The van der Waals surface area contributed by atoms with Crippen molar-refractivity contribution in [3.63, 3.8) is 0 Å². The minimum atomic E-state index is -0.941. The molecule has 1 amide bonds. The number of hydrogen-bond acceptors (Lipinski definition) is 4. The van der Waals surface area contributed by atoms with Crippen LogP contribution in [0.4, 0.5) is 5.69 Å². The summed E-state index contributed by atoms with van der Waals surface area (Å²) in [4.78, 5) is 25.7. The fraction of sp³-hybridized carbons (Fsp3) is 0.583. The van der Waals surface area contributed by atoms with Crippen molar-refractivity contribution in [2.75, 3.05) is 11.9 Å². The Kier molecular flexibility index (Phi) is 7.32. The van der Waals surface area contributed by atoms with Crippen LogP contribution in [0.2, 0.25) is 0 Å². The zero-order valence-corrected chi connectivity index (χ0v) is 18.1.